The molecule has 4 amide bonds. The third-order valence-electron chi connectivity index (χ3n) is 15.6. The number of aromatic amines is 1. The molecule has 0 bridgehead atoms. The second kappa shape index (κ2) is 38.3. The Kier molecular flexibility index (Phi) is 33.0. The first-order valence-corrected chi connectivity index (χ1v) is 31.0. The molecule has 0 spiro atoms. The smallest absolute Gasteiger partial charge is 0.328 e. The molecule has 3 aromatic rings. The number of allylic oxidation sites excluding steroid dienone is 18. The topological polar surface area (TPSA) is 290 Å². The van der Waals surface area contributed by atoms with Crippen molar-refractivity contribution in [3.8, 4) is 11.5 Å². The van der Waals surface area contributed by atoms with Gasteiger partial charge in [-0.15, -0.1) is 0 Å². The van der Waals surface area contributed by atoms with Crippen LogP contribution in [0.3, 0.4) is 0 Å². The minimum Gasteiger partial charge on any atom is -0.508 e. The molecule has 1 aliphatic heterocycles. The standard InChI is InChI=1S/C20H25N3O.2C20H28O2.C6H6O2.C5H9NO3S.CH4N2O/c1-4-23(5-2)20(24)14-9-16-15-7-6-8-17-19(15)13(11-21-17)10-18(16)22(3)12-14;2*1-15(8-6-9-16(2)14-19(21)22)11-12-18-17(3)10-7-13-20(18,4)5;7-5-2-1-3-6(8)4-5;1-3(7)6-4(2-10)5(8)9;2-1(3)4/h6-9,11,14,18,21H,4-5,10,12H2,1-3H3;2*6,8-9,11-12,14H,7,10,13H2,1-5H3,(H,21,22);1-4,7-8H;4,10H,2H2,1H3,(H,6,7)(H,8,9);(H4,2,3,4)/b;9-6+,12-11+,15-8+,16-14+;9-6+,12-11+,15-8+,16-14-;;;/t14-,18-;;;;4-;/m1...0./s1. The third kappa shape index (κ3) is 27.2. The third-order valence-corrected chi connectivity index (χ3v) is 16.0. The second-order valence-electron chi connectivity index (χ2n) is 24.2. The lowest BCUT2D eigenvalue weighted by atomic mass is 9.72. The van der Waals surface area contributed by atoms with Crippen molar-refractivity contribution in [1.82, 2.24) is 20.1 Å². The Morgan fingerprint density at radius 3 is 1.59 bits per heavy atom. The van der Waals surface area contributed by atoms with Crippen LogP contribution in [-0.4, -0.2) is 121 Å². The van der Waals surface area contributed by atoms with Crippen LogP contribution in [0.25, 0.3) is 16.5 Å². The van der Waals surface area contributed by atoms with Crippen molar-refractivity contribution in [3.05, 3.63) is 183 Å². The number of carboxylic acid groups (broad SMARTS) is 3. The molecule has 11 N–H and O–H groups in total. The first kappa shape index (κ1) is 77.7. The zero-order valence-electron chi connectivity index (χ0n) is 55.3. The summed E-state index contributed by atoms with van der Waals surface area (Å²) in [7, 11) is 2.15. The number of likely N-dealkylation sites (N-methyl/N-ethyl adjacent to an activating group) is 1. The van der Waals surface area contributed by atoms with Crippen LogP contribution in [-0.2, 0) is 30.4 Å². The highest BCUT2D eigenvalue weighted by atomic mass is 32.1. The van der Waals surface area contributed by atoms with E-state index < -0.39 is 30.0 Å². The van der Waals surface area contributed by atoms with Gasteiger partial charge >= 0.3 is 23.9 Å². The number of aromatic nitrogens is 1. The predicted molar refractivity (Wildman–Crippen MR) is 368 cm³/mol. The van der Waals surface area contributed by atoms with Crippen molar-refractivity contribution in [1.29, 1.82) is 0 Å². The molecule has 90 heavy (non-hydrogen) atoms. The number of aliphatic carboxylic acids is 3. The van der Waals surface area contributed by atoms with Gasteiger partial charge in [0.2, 0.25) is 11.8 Å². The Balaban J connectivity index is 0.000000395. The van der Waals surface area contributed by atoms with Crippen molar-refractivity contribution in [3.63, 3.8) is 0 Å². The summed E-state index contributed by atoms with van der Waals surface area (Å²) in [4.78, 5) is 71.1. The molecule has 2 heterocycles. The summed E-state index contributed by atoms with van der Waals surface area (Å²) in [5.74, 6) is -2.76. The number of carbonyl (C=O) groups excluding carboxylic acids is 3. The Bertz CT molecular complexity index is 3200. The van der Waals surface area contributed by atoms with E-state index in [9.17, 15) is 24.0 Å². The number of primary amides is 2. The van der Waals surface area contributed by atoms with Crippen LogP contribution in [0.15, 0.2) is 172 Å². The molecule has 7 rings (SSSR count). The van der Waals surface area contributed by atoms with E-state index in [0.29, 0.717) is 6.04 Å². The van der Waals surface area contributed by atoms with Gasteiger partial charge in [-0.3, -0.25) is 14.5 Å². The molecule has 0 saturated carbocycles. The minimum absolute atomic E-state index is 0.0445. The lowest BCUT2D eigenvalue weighted by molar-refractivity contribution is -0.140. The van der Waals surface area contributed by atoms with Gasteiger partial charge in [0.1, 0.15) is 17.5 Å². The highest BCUT2D eigenvalue weighted by molar-refractivity contribution is 7.80. The second-order valence-corrected chi connectivity index (χ2v) is 24.5. The molecule has 18 heteroatoms. The van der Waals surface area contributed by atoms with E-state index in [1.54, 1.807) is 32.1 Å². The van der Waals surface area contributed by atoms with Crippen LogP contribution >= 0.6 is 12.6 Å². The number of thiol groups is 1. The number of H-pyrrole nitrogens is 1. The zero-order chi connectivity index (χ0) is 68.1. The maximum absolute atomic E-state index is 12.9. The number of amides is 4. The van der Waals surface area contributed by atoms with Crippen molar-refractivity contribution < 1.29 is 54.3 Å². The van der Waals surface area contributed by atoms with Crippen molar-refractivity contribution >= 4 is 64.9 Å². The van der Waals surface area contributed by atoms with Gasteiger partial charge in [0.25, 0.3) is 0 Å². The normalized spacial score (nSPS) is 18.5. The van der Waals surface area contributed by atoms with E-state index in [1.807, 2.05) is 29.2 Å². The van der Waals surface area contributed by atoms with E-state index in [4.69, 9.17) is 30.3 Å². The largest absolute Gasteiger partial charge is 0.508 e. The van der Waals surface area contributed by atoms with Gasteiger partial charge in [-0.05, 0) is 175 Å². The Morgan fingerprint density at radius 2 is 1.21 bits per heavy atom. The maximum atomic E-state index is 12.9. The monoisotopic (exact) mass is 1260 g/mol. The number of hydrogen-bond donors (Lipinski definition) is 10. The number of rotatable bonds is 16. The quantitative estimate of drug-likeness (QED) is 0.0364. The number of carboxylic acids is 3. The summed E-state index contributed by atoms with van der Waals surface area (Å²) in [6.45, 7) is 29.1. The molecular formula is C72H100N6O11S. The molecule has 3 atom stereocenters. The van der Waals surface area contributed by atoms with Gasteiger partial charge in [0.15, 0.2) is 0 Å². The number of nitrogens with zero attached hydrogens (tertiary/aromatic N) is 2. The predicted octanol–water partition coefficient (Wildman–Crippen LogP) is 13.7. The first-order valence-electron chi connectivity index (χ1n) is 30.4. The number of aromatic hydroxyl groups is 2. The summed E-state index contributed by atoms with van der Waals surface area (Å²) < 4.78 is 0. The number of carbonyl (C=O) groups is 6. The number of nitrogens with one attached hydrogen (secondary N) is 2. The average Bonchev–Trinajstić information content (AvgIpc) is 1.43. The van der Waals surface area contributed by atoms with Gasteiger partial charge in [-0.1, -0.05) is 135 Å². The summed E-state index contributed by atoms with van der Waals surface area (Å²) in [5.41, 5.74) is 23.9. The Hall–Kier alpha value is -8.35. The Morgan fingerprint density at radius 1 is 0.744 bits per heavy atom. The number of phenolic OH excluding ortho intramolecular Hbond substituents is 2. The van der Waals surface area contributed by atoms with Gasteiger partial charge in [0.05, 0.1) is 5.92 Å². The molecule has 0 saturated heterocycles. The molecule has 2 aromatic carbocycles. The minimum atomic E-state index is -1.06. The number of fused-ring (bicyclic) bond motifs is 2. The van der Waals surface area contributed by atoms with Crippen LogP contribution in [0, 0.1) is 16.7 Å². The van der Waals surface area contributed by atoms with Crippen molar-refractivity contribution in [2.75, 3.05) is 32.4 Å². The molecule has 4 aliphatic rings. The van der Waals surface area contributed by atoms with Crippen molar-refractivity contribution in [2.24, 2.45) is 28.2 Å². The SMILES string of the molecule is CC(=O)N[C@@H](CS)C(=O)O.CC1=C(/C=C/C(C)=C/C=C/C(C)=C/C(=O)O)C(C)(C)CCC1.CC1=C(/C=C/C(C)=C/C=C/C(C)=C\C(=O)O)C(C)(C)CCC1.CCN(CC)C(=O)[C@@H]1C=C2c3cccc4[nH]cc(c34)C[C@H]2N(C)C1.NC(N)=O.Oc1cccc(O)c1. The Labute approximate surface area is 539 Å². The number of nitrogens with two attached hydrogens (primary N) is 2. The van der Waals surface area contributed by atoms with E-state index in [-0.39, 0.29) is 45.8 Å². The number of hydrogen-bond acceptors (Lipinski definition) is 10. The highest BCUT2D eigenvalue weighted by Gasteiger charge is 2.36. The van der Waals surface area contributed by atoms with Gasteiger partial charge in [-0.2, -0.15) is 12.6 Å². The van der Waals surface area contributed by atoms with E-state index in [2.05, 4.69) is 170 Å². The molecular weight excluding hydrogens is 1160 g/mol. The summed E-state index contributed by atoms with van der Waals surface area (Å²) in [6, 6.07) is 11.0. The molecule has 1 aromatic heterocycles. The van der Waals surface area contributed by atoms with E-state index in [1.165, 1.54) is 126 Å². The summed E-state index contributed by atoms with van der Waals surface area (Å²) >= 11 is 3.73. The molecule has 0 unspecified atom stereocenters. The maximum Gasteiger partial charge on any atom is 0.328 e. The van der Waals surface area contributed by atoms with Crippen LogP contribution < -0.4 is 16.8 Å². The van der Waals surface area contributed by atoms with Gasteiger partial charge in [-0.25, -0.2) is 19.2 Å². The number of benzene rings is 2. The fraction of sp³-hybridized carbons (Fsp3) is 0.417. The fourth-order valence-corrected chi connectivity index (χ4v) is 11.3. The van der Waals surface area contributed by atoms with Crippen LogP contribution in [0.4, 0.5) is 4.79 Å². The molecule has 17 nitrogen and oxygen atoms in total. The number of urea groups is 1. The molecule has 0 fully saturated rings. The zero-order valence-corrected chi connectivity index (χ0v) is 56.2. The fourth-order valence-electron chi connectivity index (χ4n) is 11.0. The lowest BCUT2D eigenvalue weighted by Gasteiger charge is -2.40. The van der Waals surface area contributed by atoms with E-state index >= 15 is 0 Å². The highest BCUT2D eigenvalue weighted by Crippen LogP contribution is 2.43. The molecule has 3 aliphatic carbocycles. The summed E-state index contributed by atoms with van der Waals surface area (Å²) in [6.07, 6.45) is 35.4. The summed E-state index contributed by atoms with van der Waals surface area (Å²) in [5, 5.41) is 46.5. The van der Waals surface area contributed by atoms with Crippen molar-refractivity contribution in [2.45, 2.75) is 147 Å². The van der Waals surface area contributed by atoms with E-state index in [0.717, 1.165) is 48.3 Å². The van der Waals surface area contributed by atoms with Gasteiger partial charge in [0, 0.05) is 73.7 Å². The van der Waals surface area contributed by atoms with Gasteiger partial charge < -0.3 is 52.2 Å². The average molecular weight is 1260 g/mol. The van der Waals surface area contributed by atoms with Crippen LogP contribution in [0.5, 0.6) is 11.5 Å². The molecule has 0 radical (unpaired) electrons. The lowest BCUT2D eigenvalue weighted by Crippen LogP contribution is -2.47. The first-order chi connectivity index (χ1) is 42.2. The van der Waals surface area contributed by atoms with Crippen LogP contribution in [0.2, 0.25) is 0 Å². The molecule has 490 valence electrons. The number of phenols is 2. The van der Waals surface area contributed by atoms with Crippen LogP contribution in [0.1, 0.15) is 140 Å².